The molecule has 0 unspecified atom stereocenters. The number of thiazole rings is 1. The van der Waals surface area contributed by atoms with Gasteiger partial charge < -0.3 is 10.2 Å². The smallest absolute Gasteiger partial charge is 0.185 e. The van der Waals surface area contributed by atoms with Gasteiger partial charge in [0.1, 0.15) is 0 Å². The molecule has 0 radical (unpaired) electrons. The van der Waals surface area contributed by atoms with Crippen molar-refractivity contribution in [2.75, 3.05) is 37.6 Å². The van der Waals surface area contributed by atoms with Crippen LogP contribution in [0.1, 0.15) is 26.5 Å². The van der Waals surface area contributed by atoms with Crippen LogP contribution in [0.3, 0.4) is 0 Å². The minimum Gasteiger partial charge on any atom is -0.346 e. The van der Waals surface area contributed by atoms with Gasteiger partial charge >= 0.3 is 0 Å². The molecule has 1 aromatic heterocycles. The van der Waals surface area contributed by atoms with E-state index in [1.165, 1.54) is 10.8 Å². The van der Waals surface area contributed by atoms with E-state index in [-0.39, 0.29) is 0 Å². The summed E-state index contributed by atoms with van der Waals surface area (Å²) in [5.74, 6) is 0. The summed E-state index contributed by atoms with van der Waals surface area (Å²) in [6.07, 6.45) is 0. The summed E-state index contributed by atoms with van der Waals surface area (Å²) in [6, 6.07) is 0.660. The maximum absolute atomic E-state index is 4.70. The quantitative estimate of drug-likeness (QED) is 0.882. The molecule has 0 atom stereocenters. The van der Waals surface area contributed by atoms with Crippen molar-refractivity contribution in [1.29, 1.82) is 0 Å². The fraction of sp³-hybridized carbons (Fsp3) is 0.769. The van der Waals surface area contributed by atoms with E-state index in [1.807, 2.05) is 0 Å². The average Bonchev–Trinajstić information content (AvgIpc) is 2.85. The molecular formula is C13H24N4S. The van der Waals surface area contributed by atoms with Gasteiger partial charge in [-0.1, -0.05) is 6.92 Å². The van der Waals surface area contributed by atoms with Crippen LogP contribution in [0.2, 0.25) is 0 Å². The fourth-order valence-corrected chi connectivity index (χ4v) is 3.08. The molecule has 0 saturated carbocycles. The summed E-state index contributed by atoms with van der Waals surface area (Å²) in [7, 11) is 0. The predicted molar refractivity (Wildman–Crippen MR) is 78.4 cm³/mol. The van der Waals surface area contributed by atoms with E-state index in [1.54, 1.807) is 11.3 Å². The molecule has 2 heterocycles. The van der Waals surface area contributed by atoms with Crippen LogP contribution in [-0.2, 0) is 6.54 Å². The van der Waals surface area contributed by atoms with Gasteiger partial charge in [0.2, 0.25) is 0 Å². The Bertz CT molecular complexity index is 356. The van der Waals surface area contributed by atoms with E-state index in [9.17, 15) is 0 Å². The Labute approximate surface area is 114 Å². The highest BCUT2D eigenvalue weighted by atomic mass is 32.1. The molecule has 102 valence electrons. The molecule has 5 heteroatoms. The predicted octanol–water partition coefficient (Wildman–Crippen LogP) is 1.78. The standard InChI is InChI=1S/C13H24N4S/c1-4-14-9-12-10-18-13(15-12)17-7-5-16(6-8-17)11(2)3/h10-11,14H,4-9H2,1-3H3. The second-order valence-electron chi connectivity index (χ2n) is 5.02. The topological polar surface area (TPSA) is 31.4 Å². The van der Waals surface area contributed by atoms with Gasteiger partial charge in [0.25, 0.3) is 0 Å². The first-order chi connectivity index (χ1) is 8.70. The first kappa shape index (κ1) is 13.8. The Hall–Kier alpha value is -0.650. The van der Waals surface area contributed by atoms with Crippen molar-refractivity contribution in [3.05, 3.63) is 11.1 Å². The van der Waals surface area contributed by atoms with Gasteiger partial charge in [0.05, 0.1) is 5.69 Å². The number of hydrogen-bond donors (Lipinski definition) is 1. The summed E-state index contributed by atoms with van der Waals surface area (Å²) in [5.41, 5.74) is 1.17. The number of nitrogens with one attached hydrogen (secondary N) is 1. The lowest BCUT2D eigenvalue weighted by Gasteiger charge is -2.36. The molecule has 1 N–H and O–H groups in total. The minimum atomic E-state index is 0.660. The van der Waals surface area contributed by atoms with E-state index >= 15 is 0 Å². The second kappa shape index (κ2) is 6.50. The number of rotatable bonds is 5. The third-order valence-corrected chi connectivity index (χ3v) is 4.36. The van der Waals surface area contributed by atoms with Gasteiger partial charge in [0, 0.05) is 44.1 Å². The lowest BCUT2D eigenvalue weighted by Crippen LogP contribution is -2.48. The Morgan fingerprint density at radius 2 is 2.06 bits per heavy atom. The highest BCUT2D eigenvalue weighted by molar-refractivity contribution is 7.13. The van der Waals surface area contributed by atoms with Gasteiger partial charge in [0.15, 0.2) is 5.13 Å². The van der Waals surface area contributed by atoms with E-state index in [2.05, 4.69) is 41.3 Å². The number of piperazine rings is 1. The normalized spacial score (nSPS) is 17.7. The first-order valence-corrected chi connectivity index (χ1v) is 7.72. The Kier molecular flexibility index (Phi) is 4.97. The monoisotopic (exact) mass is 268 g/mol. The molecule has 0 amide bonds. The largest absolute Gasteiger partial charge is 0.346 e. The fourth-order valence-electron chi connectivity index (χ4n) is 2.21. The molecule has 2 rings (SSSR count). The zero-order chi connectivity index (χ0) is 13.0. The zero-order valence-corrected chi connectivity index (χ0v) is 12.5. The van der Waals surface area contributed by atoms with Crippen molar-refractivity contribution in [2.24, 2.45) is 0 Å². The summed E-state index contributed by atoms with van der Waals surface area (Å²) in [4.78, 5) is 9.65. The number of hydrogen-bond acceptors (Lipinski definition) is 5. The number of anilines is 1. The second-order valence-corrected chi connectivity index (χ2v) is 5.86. The molecule has 1 aliphatic rings. The van der Waals surface area contributed by atoms with Crippen LogP contribution in [0.25, 0.3) is 0 Å². The molecule has 18 heavy (non-hydrogen) atoms. The molecule has 1 saturated heterocycles. The van der Waals surface area contributed by atoms with Gasteiger partial charge in [-0.05, 0) is 20.4 Å². The van der Waals surface area contributed by atoms with Crippen LogP contribution >= 0.6 is 11.3 Å². The Morgan fingerprint density at radius 3 is 2.67 bits per heavy atom. The molecule has 0 aliphatic carbocycles. The lowest BCUT2D eigenvalue weighted by molar-refractivity contribution is 0.209. The lowest BCUT2D eigenvalue weighted by atomic mass is 10.2. The summed E-state index contributed by atoms with van der Waals surface area (Å²) >= 11 is 1.77. The van der Waals surface area contributed by atoms with Crippen LogP contribution in [0.5, 0.6) is 0 Å². The molecule has 1 aromatic rings. The van der Waals surface area contributed by atoms with Crippen molar-refractivity contribution in [3.8, 4) is 0 Å². The van der Waals surface area contributed by atoms with Crippen molar-refractivity contribution in [3.63, 3.8) is 0 Å². The highest BCUT2D eigenvalue weighted by Crippen LogP contribution is 2.22. The third kappa shape index (κ3) is 3.43. The number of nitrogens with zero attached hydrogens (tertiary/aromatic N) is 3. The van der Waals surface area contributed by atoms with Crippen LogP contribution in [-0.4, -0.2) is 48.6 Å². The van der Waals surface area contributed by atoms with Crippen LogP contribution in [0, 0.1) is 0 Å². The third-order valence-electron chi connectivity index (χ3n) is 3.41. The maximum Gasteiger partial charge on any atom is 0.185 e. The Morgan fingerprint density at radius 1 is 1.33 bits per heavy atom. The molecule has 0 aromatic carbocycles. The van der Waals surface area contributed by atoms with Gasteiger partial charge in [-0.25, -0.2) is 4.98 Å². The van der Waals surface area contributed by atoms with Crippen molar-refractivity contribution >= 4 is 16.5 Å². The van der Waals surface area contributed by atoms with Crippen molar-refractivity contribution in [2.45, 2.75) is 33.4 Å². The summed E-state index contributed by atoms with van der Waals surface area (Å²) < 4.78 is 0. The molecule has 1 fully saturated rings. The van der Waals surface area contributed by atoms with Crippen LogP contribution < -0.4 is 10.2 Å². The SMILES string of the molecule is CCNCc1csc(N2CCN(C(C)C)CC2)n1. The van der Waals surface area contributed by atoms with Crippen molar-refractivity contribution < 1.29 is 0 Å². The highest BCUT2D eigenvalue weighted by Gasteiger charge is 2.20. The molecule has 0 spiro atoms. The molecule has 4 nitrogen and oxygen atoms in total. The Balaban J connectivity index is 1.87. The van der Waals surface area contributed by atoms with E-state index in [0.717, 1.165) is 39.3 Å². The zero-order valence-electron chi connectivity index (χ0n) is 11.6. The summed E-state index contributed by atoms with van der Waals surface area (Å²) in [5, 5.41) is 6.68. The average molecular weight is 268 g/mol. The van der Waals surface area contributed by atoms with Crippen LogP contribution in [0.15, 0.2) is 5.38 Å². The maximum atomic E-state index is 4.70. The van der Waals surface area contributed by atoms with Gasteiger partial charge in [-0.15, -0.1) is 11.3 Å². The van der Waals surface area contributed by atoms with Gasteiger partial charge in [-0.2, -0.15) is 0 Å². The first-order valence-electron chi connectivity index (χ1n) is 6.84. The minimum absolute atomic E-state index is 0.660. The van der Waals surface area contributed by atoms with E-state index < -0.39 is 0 Å². The summed E-state index contributed by atoms with van der Waals surface area (Å²) in [6.45, 7) is 13.1. The van der Waals surface area contributed by atoms with Gasteiger partial charge in [-0.3, -0.25) is 4.90 Å². The molecular weight excluding hydrogens is 244 g/mol. The number of aromatic nitrogens is 1. The molecule has 1 aliphatic heterocycles. The molecule has 0 bridgehead atoms. The van der Waals surface area contributed by atoms with Crippen molar-refractivity contribution in [1.82, 2.24) is 15.2 Å². The van der Waals surface area contributed by atoms with Crippen LogP contribution in [0.4, 0.5) is 5.13 Å². The van der Waals surface area contributed by atoms with E-state index in [0.29, 0.717) is 6.04 Å². The van der Waals surface area contributed by atoms with E-state index in [4.69, 9.17) is 4.98 Å².